The Morgan fingerprint density at radius 3 is 2.58 bits per heavy atom. The molecular weight excluding hydrogens is 450 g/mol. The van der Waals surface area contributed by atoms with E-state index in [9.17, 15) is 31.1 Å². The third-order valence-corrected chi connectivity index (χ3v) is 5.36. The number of aryl methyl sites for hydroxylation is 1. The number of carbonyl (C=O) groups excluding carboxylic acids is 1. The molecule has 1 aliphatic heterocycles. The fourth-order valence-electron chi connectivity index (χ4n) is 3.42. The lowest BCUT2D eigenvalue weighted by molar-refractivity contribution is -0.143. The zero-order chi connectivity index (χ0) is 23.1. The summed E-state index contributed by atoms with van der Waals surface area (Å²) in [7, 11) is 2.68. The minimum absolute atomic E-state index is 0.00929. The number of rotatable bonds is 5. The monoisotopic (exact) mass is 466 g/mol. The van der Waals surface area contributed by atoms with Gasteiger partial charge in [0.15, 0.2) is 11.6 Å². The van der Waals surface area contributed by atoms with Crippen molar-refractivity contribution >= 4 is 28.8 Å². The molecule has 2 atom stereocenters. The highest BCUT2D eigenvalue weighted by atomic mass is 32.1. The minimum atomic E-state index is -4.65. The van der Waals surface area contributed by atoms with Crippen LogP contribution in [0.1, 0.15) is 17.3 Å². The number of nitrogens with zero attached hydrogens (tertiary/aromatic N) is 3. The van der Waals surface area contributed by atoms with Gasteiger partial charge in [0.2, 0.25) is 5.91 Å². The second-order valence-electron chi connectivity index (χ2n) is 6.86. The number of likely N-dealkylation sites (N-methyl/N-ethyl adjacent to an activating group) is 1. The van der Waals surface area contributed by atoms with Crippen LogP contribution in [0.5, 0.6) is 5.75 Å². The molecule has 1 saturated heterocycles. The van der Waals surface area contributed by atoms with Crippen molar-refractivity contribution in [3.05, 3.63) is 41.5 Å². The van der Waals surface area contributed by atoms with Crippen LogP contribution in [-0.4, -0.2) is 45.8 Å². The Morgan fingerprint density at radius 1 is 1.32 bits per heavy atom. The van der Waals surface area contributed by atoms with Gasteiger partial charge in [-0.25, -0.2) is 4.39 Å². The predicted octanol–water partition coefficient (Wildman–Crippen LogP) is 3.79. The molecule has 0 bridgehead atoms. The van der Waals surface area contributed by atoms with Crippen molar-refractivity contribution in [3.8, 4) is 5.75 Å². The number of hydrogen-bond donors (Lipinski definition) is 1. The van der Waals surface area contributed by atoms with Crippen molar-refractivity contribution in [3.63, 3.8) is 0 Å². The van der Waals surface area contributed by atoms with Crippen molar-refractivity contribution < 1.29 is 35.9 Å². The summed E-state index contributed by atoms with van der Waals surface area (Å²) < 4.78 is 83.4. The predicted molar refractivity (Wildman–Crippen MR) is 101 cm³/mol. The van der Waals surface area contributed by atoms with Crippen LogP contribution in [0.3, 0.4) is 0 Å². The lowest BCUT2D eigenvalue weighted by atomic mass is 9.91. The molecule has 1 amide bonds. The first kappa shape index (κ1) is 22.8. The maximum absolute atomic E-state index is 13.9. The van der Waals surface area contributed by atoms with Gasteiger partial charge >= 0.3 is 12.8 Å². The molecule has 1 aromatic carbocycles. The van der Waals surface area contributed by atoms with Crippen LogP contribution in [0.2, 0.25) is 0 Å². The lowest BCUT2D eigenvalue weighted by Crippen LogP contribution is -2.32. The van der Waals surface area contributed by atoms with Gasteiger partial charge in [0.25, 0.3) is 0 Å². The zero-order valence-electron chi connectivity index (χ0n) is 16.1. The number of likely N-dealkylation sites (tertiary alicyclic amines) is 1. The van der Waals surface area contributed by atoms with Crippen LogP contribution < -0.4 is 10.1 Å². The lowest BCUT2D eigenvalue weighted by Gasteiger charge is -2.18. The SMILES string of the molecule is CN1C[C@H](c2cc(C(F)(F)F)n(C)n2)[C@@H](C(=O)Nc2cccc(F)c2OC(F)F)C1=S. The first-order valence-corrected chi connectivity index (χ1v) is 9.21. The van der Waals surface area contributed by atoms with Crippen LogP contribution in [-0.2, 0) is 18.0 Å². The Balaban J connectivity index is 1.93. The summed E-state index contributed by atoms with van der Waals surface area (Å²) in [5, 5.41) is 6.18. The summed E-state index contributed by atoms with van der Waals surface area (Å²) >= 11 is 5.26. The molecule has 168 valence electrons. The van der Waals surface area contributed by atoms with Crippen LogP contribution in [0.4, 0.5) is 32.0 Å². The molecule has 2 aromatic rings. The molecule has 3 rings (SSSR count). The quantitative estimate of drug-likeness (QED) is 0.537. The molecule has 0 radical (unpaired) electrons. The highest BCUT2D eigenvalue weighted by Gasteiger charge is 2.44. The average molecular weight is 466 g/mol. The zero-order valence-corrected chi connectivity index (χ0v) is 16.9. The minimum Gasteiger partial charge on any atom is -0.429 e. The Kier molecular flexibility index (Phi) is 6.16. The third kappa shape index (κ3) is 4.60. The van der Waals surface area contributed by atoms with Gasteiger partial charge in [-0.1, -0.05) is 18.3 Å². The number of para-hydroxylation sites is 1. The van der Waals surface area contributed by atoms with E-state index in [1.165, 1.54) is 11.0 Å². The van der Waals surface area contributed by atoms with E-state index in [2.05, 4.69) is 15.2 Å². The molecule has 0 aliphatic carbocycles. The van der Waals surface area contributed by atoms with Gasteiger partial charge in [0.05, 0.1) is 22.3 Å². The highest BCUT2D eigenvalue weighted by Crippen LogP contribution is 2.38. The first-order valence-electron chi connectivity index (χ1n) is 8.80. The number of ether oxygens (including phenoxy) is 1. The summed E-state index contributed by atoms with van der Waals surface area (Å²) in [5.74, 6) is -4.79. The van der Waals surface area contributed by atoms with Crippen LogP contribution in [0, 0.1) is 11.7 Å². The van der Waals surface area contributed by atoms with Crippen molar-refractivity contribution in [2.24, 2.45) is 13.0 Å². The fourth-order valence-corrected chi connectivity index (χ4v) is 3.77. The van der Waals surface area contributed by atoms with E-state index < -0.39 is 47.8 Å². The number of aromatic nitrogens is 2. The normalized spacial score (nSPS) is 19.3. The average Bonchev–Trinajstić information content (AvgIpc) is 3.18. The van der Waals surface area contributed by atoms with Gasteiger partial charge in [-0.3, -0.25) is 9.48 Å². The van der Waals surface area contributed by atoms with Crippen LogP contribution >= 0.6 is 12.2 Å². The molecule has 13 heteroatoms. The molecule has 0 unspecified atom stereocenters. The number of thiocarbonyl (C=S) groups is 1. The number of carbonyl (C=O) groups is 1. The number of nitrogens with one attached hydrogen (secondary N) is 1. The van der Waals surface area contributed by atoms with Gasteiger partial charge in [0, 0.05) is 26.6 Å². The van der Waals surface area contributed by atoms with E-state index in [1.807, 2.05) is 0 Å². The molecule has 1 N–H and O–H groups in total. The molecule has 1 aromatic heterocycles. The summed E-state index contributed by atoms with van der Waals surface area (Å²) in [4.78, 5) is 14.6. The molecule has 0 spiro atoms. The van der Waals surface area contributed by atoms with Gasteiger partial charge in [-0.15, -0.1) is 0 Å². The topological polar surface area (TPSA) is 59.4 Å². The van der Waals surface area contributed by atoms with Crippen molar-refractivity contribution in [1.82, 2.24) is 14.7 Å². The number of amides is 1. The van der Waals surface area contributed by atoms with E-state index in [0.717, 1.165) is 25.2 Å². The van der Waals surface area contributed by atoms with E-state index in [0.29, 0.717) is 4.68 Å². The molecule has 6 nitrogen and oxygen atoms in total. The number of halogens is 6. The maximum atomic E-state index is 13.9. The summed E-state index contributed by atoms with van der Waals surface area (Å²) in [5.41, 5.74) is -1.37. The molecule has 1 fully saturated rings. The Morgan fingerprint density at radius 2 is 2.00 bits per heavy atom. The Bertz CT molecular complexity index is 1010. The fraction of sp³-hybridized carbons (Fsp3) is 0.389. The maximum Gasteiger partial charge on any atom is 0.433 e. The summed E-state index contributed by atoms with van der Waals surface area (Å²) in [6.07, 6.45) is -4.65. The molecule has 2 heterocycles. The van der Waals surface area contributed by atoms with Gasteiger partial charge in [0.1, 0.15) is 5.69 Å². The summed E-state index contributed by atoms with van der Waals surface area (Å²) in [6.45, 7) is -3.23. The second-order valence-corrected chi connectivity index (χ2v) is 7.28. The molecule has 1 aliphatic rings. The smallest absolute Gasteiger partial charge is 0.429 e. The van der Waals surface area contributed by atoms with Gasteiger partial charge in [-0.2, -0.15) is 27.1 Å². The number of alkyl halides is 5. The van der Waals surface area contributed by atoms with E-state index in [-0.39, 0.29) is 22.9 Å². The molecule has 0 saturated carbocycles. The van der Waals surface area contributed by atoms with E-state index in [1.54, 1.807) is 7.05 Å². The van der Waals surface area contributed by atoms with Crippen LogP contribution in [0.15, 0.2) is 24.3 Å². The highest BCUT2D eigenvalue weighted by molar-refractivity contribution is 7.80. The first-order chi connectivity index (χ1) is 14.4. The summed E-state index contributed by atoms with van der Waals surface area (Å²) in [6, 6.07) is 4.03. The van der Waals surface area contributed by atoms with E-state index in [4.69, 9.17) is 12.2 Å². The number of hydrogen-bond acceptors (Lipinski definition) is 4. The van der Waals surface area contributed by atoms with Crippen molar-refractivity contribution in [2.75, 3.05) is 18.9 Å². The number of benzene rings is 1. The van der Waals surface area contributed by atoms with Gasteiger partial charge in [-0.05, 0) is 18.2 Å². The Hall–Kier alpha value is -2.83. The Labute approximate surface area is 177 Å². The molecular formula is C18H16F6N4O2S. The van der Waals surface area contributed by atoms with Crippen LogP contribution in [0.25, 0.3) is 0 Å². The second kappa shape index (κ2) is 8.36. The van der Waals surface area contributed by atoms with E-state index >= 15 is 0 Å². The molecule has 31 heavy (non-hydrogen) atoms. The largest absolute Gasteiger partial charge is 0.433 e. The third-order valence-electron chi connectivity index (χ3n) is 4.80. The van der Waals surface area contributed by atoms with Crippen molar-refractivity contribution in [1.29, 1.82) is 0 Å². The number of anilines is 1. The standard InChI is InChI=1S/C18H16F6N4O2S/c1-27-7-8(11-6-12(18(22,23)24)28(2)26-11)13(16(27)31)15(29)25-10-5-3-4-9(19)14(10)30-17(20)21/h3-6,8,13,17H,7H2,1-2H3,(H,25,29)/t8-,13+/m1/s1. The van der Waals surface area contributed by atoms with Gasteiger partial charge < -0.3 is 15.0 Å². The van der Waals surface area contributed by atoms with Crippen molar-refractivity contribution in [2.45, 2.75) is 18.7 Å².